The fraction of sp³-hybridized carbons (Fsp3) is 0.0833. The molecule has 0 fully saturated rings. The molecule has 0 bridgehead atoms. The summed E-state index contributed by atoms with van der Waals surface area (Å²) < 4.78 is 5.29. The number of fused-ring (bicyclic) bond motifs is 2. The SMILES string of the molecule is COc1ccc(Cl)c2nc3ncnc(N)c3cc12. The van der Waals surface area contributed by atoms with Gasteiger partial charge >= 0.3 is 0 Å². The van der Waals surface area contributed by atoms with E-state index in [1.54, 1.807) is 19.2 Å². The van der Waals surface area contributed by atoms with Crippen LogP contribution in [0.1, 0.15) is 0 Å². The molecule has 0 spiro atoms. The van der Waals surface area contributed by atoms with Gasteiger partial charge in [0.05, 0.1) is 23.0 Å². The lowest BCUT2D eigenvalue weighted by atomic mass is 10.1. The van der Waals surface area contributed by atoms with E-state index in [0.717, 1.165) is 5.39 Å². The number of hydrogen-bond donors (Lipinski definition) is 1. The Morgan fingerprint density at radius 1 is 1.22 bits per heavy atom. The van der Waals surface area contributed by atoms with Crippen molar-refractivity contribution in [3.05, 3.63) is 29.5 Å². The molecule has 3 aromatic rings. The largest absolute Gasteiger partial charge is 0.496 e. The van der Waals surface area contributed by atoms with Gasteiger partial charge in [0.15, 0.2) is 5.65 Å². The molecule has 0 aliphatic heterocycles. The van der Waals surface area contributed by atoms with Crippen LogP contribution >= 0.6 is 11.6 Å². The molecule has 0 amide bonds. The summed E-state index contributed by atoms with van der Waals surface area (Å²) in [4.78, 5) is 12.4. The maximum atomic E-state index is 6.13. The number of hydrogen-bond acceptors (Lipinski definition) is 5. The highest BCUT2D eigenvalue weighted by molar-refractivity contribution is 6.35. The van der Waals surface area contributed by atoms with Crippen LogP contribution in [0.15, 0.2) is 24.5 Å². The van der Waals surface area contributed by atoms with E-state index >= 15 is 0 Å². The van der Waals surface area contributed by atoms with E-state index in [2.05, 4.69) is 15.0 Å². The van der Waals surface area contributed by atoms with Crippen LogP contribution in [-0.2, 0) is 0 Å². The summed E-state index contributed by atoms with van der Waals surface area (Å²) in [6.45, 7) is 0. The number of aromatic nitrogens is 3. The molecule has 0 radical (unpaired) electrons. The van der Waals surface area contributed by atoms with Gasteiger partial charge < -0.3 is 10.5 Å². The topological polar surface area (TPSA) is 73.9 Å². The number of rotatable bonds is 1. The highest BCUT2D eigenvalue weighted by Crippen LogP contribution is 2.32. The van der Waals surface area contributed by atoms with Crippen LogP contribution in [0, 0.1) is 0 Å². The summed E-state index contributed by atoms with van der Waals surface area (Å²) >= 11 is 6.13. The van der Waals surface area contributed by atoms with E-state index in [0.29, 0.717) is 33.1 Å². The Morgan fingerprint density at radius 3 is 2.83 bits per heavy atom. The highest BCUT2D eigenvalue weighted by atomic mass is 35.5. The summed E-state index contributed by atoms with van der Waals surface area (Å²) in [7, 11) is 1.59. The maximum absolute atomic E-state index is 6.13. The van der Waals surface area contributed by atoms with Gasteiger partial charge in [-0.05, 0) is 18.2 Å². The van der Waals surface area contributed by atoms with Crippen LogP contribution in [0.4, 0.5) is 5.82 Å². The fourth-order valence-electron chi connectivity index (χ4n) is 1.87. The second-order valence-corrected chi connectivity index (χ2v) is 4.17. The van der Waals surface area contributed by atoms with Crippen LogP contribution in [0.3, 0.4) is 0 Å². The summed E-state index contributed by atoms with van der Waals surface area (Å²) in [6, 6.07) is 5.38. The zero-order chi connectivity index (χ0) is 12.7. The monoisotopic (exact) mass is 260 g/mol. The first-order chi connectivity index (χ1) is 8.70. The van der Waals surface area contributed by atoms with Gasteiger partial charge in [0.2, 0.25) is 0 Å². The molecule has 1 aromatic carbocycles. The first-order valence-electron chi connectivity index (χ1n) is 5.24. The van der Waals surface area contributed by atoms with Gasteiger partial charge in [-0.1, -0.05) is 11.6 Å². The zero-order valence-electron chi connectivity index (χ0n) is 9.51. The van der Waals surface area contributed by atoms with Crippen LogP contribution in [0.2, 0.25) is 5.02 Å². The van der Waals surface area contributed by atoms with E-state index in [4.69, 9.17) is 22.1 Å². The molecule has 0 saturated carbocycles. The normalized spacial score (nSPS) is 11.0. The van der Waals surface area contributed by atoms with Gasteiger partial charge in [-0.25, -0.2) is 15.0 Å². The number of pyridine rings is 1. The number of halogens is 1. The van der Waals surface area contributed by atoms with Gasteiger partial charge in [-0.2, -0.15) is 0 Å². The number of nitrogen functional groups attached to an aromatic ring is 1. The predicted octanol–water partition coefficient (Wildman–Crippen LogP) is 2.42. The van der Waals surface area contributed by atoms with Crippen molar-refractivity contribution in [1.82, 2.24) is 15.0 Å². The molecule has 0 aliphatic rings. The van der Waals surface area contributed by atoms with Crippen LogP contribution in [-0.4, -0.2) is 22.1 Å². The minimum atomic E-state index is 0.386. The van der Waals surface area contributed by atoms with Crippen molar-refractivity contribution in [1.29, 1.82) is 0 Å². The molecule has 0 unspecified atom stereocenters. The van der Waals surface area contributed by atoms with Crippen molar-refractivity contribution in [2.45, 2.75) is 0 Å². The zero-order valence-corrected chi connectivity index (χ0v) is 10.3. The summed E-state index contributed by atoms with van der Waals surface area (Å²) in [5.74, 6) is 1.07. The Hall–Kier alpha value is -2.14. The third-order valence-corrected chi connectivity index (χ3v) is 3.05. The molecule has 2 N–H and O–H groups in total. The lowest BCUT2D eigenvalue weighted by Gasteiger charge is -2.08. The third kappa shape index (κ3) is 1.52. The van der Waals surface area contributed by atoms with E-state index in [1.807, 2.05) is 6.07 Å². The Kier molecular flexibility index (Phi) is 2.41. The van der Waals surface area contributed by atoms with E-state index < -0.39 is 0 Å². The summed E-state index contributed by atoms with van der Waals surface area (Å²) in [5.41, 5.74) is 6.97. The average molecular weight is 261 g/mol. The second kappa shape index (κ2) is 3.96. The molecule has 18 heavy (non-hydrogen) atoms. The second-order valence-electron chi connectivity index (χ2n) is 3.76. The van der Waals surface area contributed by atoms with Gasteiger partial charge in [-0.15, -0.1) is 0 Å². The number of anilines is 1. The van der Waals surface area contributed by atoms with Crippen LogP contribution in [0.5, 0.6) is 5.75 Å². The predicted molar refractivity (Wildman–Crippen MR) is 70.8 cm³/mol. The standard InChI is InChI=1S/C12H9ClN4O/c1-18-9-3-2-8(13)10-6(9)4-7-11(14)15-5-16-12(7)17-10/h2-5H,1H3,(H2,14,15,16,17). The van der Waals surface area contributed by atoms with E-state index in [1.165, 1.54) is 6.33 Å². The Bertz CT molecular complexity index is 760. The van der Waals surface area contributed by atoms with Gasteiger partial charge in [0.25, 0.3) is 0 Å². The number of methoxy groups -OCH3 is 1. The molecule has 0 atom stereocenters. The molecule has 2 aromatic heterocycles. The summed E-state index contributed by atoms with van der Waals surface area (Å²) in [6.07, 6.45) is 1.38. The van der Waals surface area contributed by atoms with Gasteiger partial charge in [0, 0.05) is 5.39 Å². The highest BCUT2D eigenvalue weighted by Gasteiger charge is 2.10. The molecule has 0 aliphatic carbocycles. The van der Waals surface area contributed by atoms with Crippen LogP contribution < -0.4 is 10.5 Å². The quantitative estimate of drug-likeness (QED) is 0.680. The van der Waals surface area contributed by atoms with Crippen LogP contribution in [0.25, 0.3) is 21.9 Å². The average Bonchev–Trinajstić information content (AvgIpc) is 2.39. The molecule has 2 heterocycles. The van der Waals surface area contributed by atoms with Crippen molar-refractivity contribution in [3.63, 3.8) is 0 Å². The molecule has 3 rings (SSSR count). The Morgan fingerprint density at radius 2 is 2.06 bits per heavy atom. The summed E-state index contributed by atoms with van der Waals surface area (Å²) in [5, 5.41) is 2.02. The van der Waals surface area contributed by atoms with Crippen molar-refractivity contribution in [2.24, 2.45) is 0 Å². The van der Waals surface area contributed by atoms with Gasteiger partial charge in [-0.3, -0.25) is 0 Å². The maximum Gasteiger partial charge on any atom is 0.165 e. The number of nitrogens with zero attached hydrogens (tertiary/aromatic N) is 3. The fourth-order valence-corrected chi connectivity index (χ4v) is 2.08. The Balaban J connectivity index is 2.52. The van der Waals surface area contributed by atoms with Crippen molar-refractivity contribution < 1.29 is 4.74 Å². The van der Waals surface area contributed by atoms with E-state index in [-0.39, 0.29) is 0 Å². The lowest BCUT2D eigenvalue weighted by Crippen LogP contribution is -1.96. The molecule has 0 saturated heterocycles. The lowest BCUT2D eigenvalue weighted by molar-refractivity contribution is 0.420. The third-order valence-electron chi connectivity index (χ3n) is 2.75. The van der Waals surface area contributed by atoms with E-state index in [9.17, 15) is 0 Å². The van der Waals surface area contributed by atoms with Crippen molar-refractivity contribution in [2.75, 3.05) is 12.8 Å². The Labute approximate surface area is 108 Å². The minimum Gasteiger partial charge on any atom is -0.496 e. The number of nitrogens with two attached hydrogens (primary N) is 1. The number of ether oxygens (including phenoxy) is 1. The molecule has 5 nitrogen and oxygen atoms in total. The number of benzene rings is 1. The first-order valence-corrected chi connectivity index (χ1v) is 5.62. The molecular formula is C12H9ClN4O. The minimum absolute atomic E-state index is 0.386. The smallest absolute Gasteiger partial charge is 0.165 e. The van der Waals surface area contributed by atoms with Gasteiger partial charge in [0.1, 0.15) is 17.9 Å². The molecule has 90 valence electrons. The van der Waals surface area contributed by atoms with Crippen molar-refractivity contribution in [3.8, 4) is 5.75 Å². The van der Waals surface area contributed by atoms with Crippen molar-refractivity contribution >= 4 is 39.4 Å². The first kappa shape index (κ1) is 11.0. The molecular weight excluding hydrogens is 252 g/mol. The molecule has 6 heteroatoms.